The molecule has 0 spiro atoms. The van der Waals surface area contributed by atoms with E-state index in [1.807, 2.05) is 36.5 Å². The zero-order valence-corrected chi connectivity index (χ0v) is 17.3. The molecular formula is C24H21N5S. The molecule has 0 saturated carbocycles. The number of likely N-dealkylation sites (tertiary alicyclic amines) is 1. The van der Waals surface area contributed by atoms with E-state index in [1.54, 1.807) is 11.3 Å². The van der Waals surface area contributed by atoms with Gasteiger partial charge < -0.3 is 5.32 Å². The summed E-state index contributed by atoms with van der Waals surface area (Å²) in [6.07, 6.45) is 4.46. The number of thiazole rings is 1. The van der Waals surface area contributed by atoms with Gasteiger partial charge in [0.05, 0.1) is 21.8 Å². The molecule has 30 heavy (non-hydrogen) atoms. The SMILES string of the molecule is N#Cc1cccc(-c2ccc3nc(Nc4cc(CN5CCCC5)ccn4)sc3c2)c1. The first-order valence-electron chi connectivity index (χ1n) is 10.1. The molecule has 1 N–H and O–H groups in total. The summed E-state index contributed by atoms with van der Waals surface area (Å²) in [5, 5.41) is 13.4. The van der Waals surface area contributed by atoms with Gasteiger partial charge in [-0.1, -0.05) is 29.5 Å². The van der Waals surface area contributed by atoms with Crippen LogP contribution in [0, 0.1) is 11.3 Å². The Balaban J connectivity index is 1.37. The number of nitrogens with zero attached hydrogens (tertiary/aromatic N) is 4. The second kappa shape index (κ2) is 8.23. The Morgan fingerprint density at radius 2 is 1.90 bits per heavy atom. The normalized spacial score (nSPS) is 14.1. The molecule has 1 saturated heterocycles. The molecule has 0 radical (unpaired) electrons. The van der Waals surface area contributed by atoms with E-state index >= 15 is 0 Å². The summed E-state index contributed by atoms with van der Waals surface area (Å²) in [6, 6.07) is 20.3. The van der Waals surface area contributed by atoms with Crippen LogP contribution in [0.4, 0.5) is 10.9 Å². The minimum absolute atomic E-state index is 0.666. The summed E-state index contributed by atoms with van der Waals surface area (Å²) in [4.78, 5) is 11.7. The molecule has 0 atom stereocenters. The second-order valence-corrected chi connectivity index (χ2v) is 8.58. The quantitative estimate of drug-likeness (QED) is 0.465. The molecule has 4 aromatic rings. The third-order valence-corrected chi connectivity index (χ3v) is 6.31. The number of benzene rings is 2. The zero-order valence-electron chi connectivity index (χ0n) is 16.5. The predicted octanol–water partition coefficient (Wildman–Crippen LogP) is 5.57. The van der Waals surface area contributed by atoms with Crippen LogP contribution in [-0.4, -0.2) is 28.0 Å². The van der Waals surface area contributed by atoms with Gasteiger partial charge in [0.25, 0.3) is 0 Å². The molecule has 0 unspecified atom stereocenters. The molecule has 2 aromatic heterocycles. The topological polar surface area (TPSA) is 64.8 Å². The van der Waals surface area contributed by atoms with Crippen LogP contribution < -0.4 is 5.32 Å². The van der Waals surface area contributed by atoms with Gasteiger partial charge >= 0.3 is 0 Å². The standard InChI is InChI=1S/C24H21N5S/c25-15-17-4-3-5-19(12-17)20-6-7-21-22(14-20)30-24(27-21)28-23-13-18(8-9-26-23)16-29-10-1-2-11-29/h3-9,12-14H,1-2,10-11,16H2,(H,26,27,28). The maximum Gasteiger partial charge on any atom is 0.189 e. The summed E-state index contributed by atoms with van der Waals surface area (Å²) < 4.78 is 1.10. The van der Waals surface area contributed by atoms with Crippen LogP contribution in [-0.2, 0) is 6.54 Å². The average Bonchev–Trinajstić information content (AvgIpc) is 3.42. The predicted molar refractivity (Wildman–Crippen MR) is 122 cm³/mol. The number of nitrogens with one attached hydrogen (secondary N) is 1. The van der Waals surface area contributed by atoms with E-state index in [2.05, 4.69) is 45.5 Å². The second-order valence-electron chi connectivity index (χ2n) is 7.55. The van der Waals surface area contributed by atoms with Crippen molar-refractivity contribution in [3.63, 3.8) is 0 Å². The van der Waals surface area contributed by atoms with E-state index in [0.29, 0.717) is 5.56 Å². The van der Waals surface area contributed by atoms with E-state index in [0.717, 1.165) is 38.8 Å². The van der Waals surface area contributed by atoms with Crippen molar-refractivity contribution in [1.82, 2.24) is 14.9 Å². The van der Waals surface area contributed by atoms with E-state index < -0.39 is 0 Å². The van der Waals surface area contributed by atoms with Crippen LogP contribution in [0.25, 0.3) is 21.3 Å². The maximum absolute atomic E-state index is 9.15. The van der Waals surface area contributed by atoms with Crippen LogP contribution >= 0.6 is 11.3 Å². The van der Waals surface area contributed by atoms with Crippen LogP contribution in [0.3, 0.4) is 0 Å². The Morgan fingerprint density at radius 1 is 1.03 bits per heavy atom. The third kappa shape index (κ3) is 4.04. The van der Waals surface area contributed by atoms with Gasteiger partial charge in [0.2, 0.25) is 0 Å². The van der Waals surface area contributed by atoms with Gasteiger partial charge in [-0.25, -0.2) is 9.97 Å². The van der Waals surface area contributed by atoms with Crippen LogP contribution in [0.15, 0.2) is 60.8 Å². The molecule has 0 aliphatic carbocycles. The number of aromatic nitrogens is 2. The number of rotatable bonds is 5. The molecule has 0 bridgehead atoms. The van der Waals surface area contributed by atoms with Gasteiger partial charge in [0.15, 0.2) is 5.13 Å². The number of nitriles is 1. The minimum Gasteiger partial charge on any atom is -0.316 e. The largest absolute Gasteiger partial charge is 0.316 e. The van der Waals surface area contributed by atoms with Crippen LogP contribution in [0.1, 0.15) is 24.0 Å². The first-order chi connectivity index (χ1) is 14.8. The third-order valence-electron chi connectivity index (χ3n) is 5.38. The van der Waals surface area contributed by atoms with Gasteiger partial charge in [0.1, 0.15) is 5.82 Å². The molecule has 1 fully saturated rings. The fraction of sp³-hybridized carbons (Fsp3) is 0.208. The zero-order chi connectivity index (χ0) is 20.3. The lowest BCUT2D eigenvalue weighted by atomic mass is 10.0. The van der Waals surface area contributed by atoms with Crippen molar-refractivity contribution in [1.29, 1.82) is 5.26 Å². The highest BCUT2D eigenvalue weighted by Crippen LogP contribution is 2.32. The number of pyridine rings is 1. The first-order valence-corrected chi connectivity index (χ1v) is 10.9. The van der Waals surface area contributed by atoms with Crippen molar-refractivity contribution in [2.45, 2.75) is 19.4 Å². The smallest absolute Gasteiger partial charge is 0.189 e. The Morgan fingerprint density at radius 3 is 2.77 bits per heavy atom. The maximum atomic E-state index is 9.15. The van der Waals surface area contributed by atoms with Gasteiger partial charge in [0, 0.05) is 12.7 Å². The molecule has 3 heterocycles. The molecule has 1 aliphatic rings. The van der Waals surface area contributed by atoms with Crippen molar-refractivity contribution in [2.24, 2.45) is 0 Å². The van der Waals surface area contributed by atoms with Crippen molar-refractivity contribution in [3.8, 4) is 17.2 Å². The highest BCUT2D eigenvalue weighted by atomic mass is 32.1. The van der Waals surface area contributed by atoms with Crippen molar-refractivity contribution < 1.29 is 0 Å². The average molecular weight is 412 g/mol. The lowest BCUT2D eigenvalue weighted by Gasteiger charge is -2.14. The molecule has 6 heteroatoms. The van der Waals surface area contributed by atoms with Gasteiger partial charge in [-0.3, -0.25) is 4.90 Å². The molecular weight excluding hydrogens is 390 g/mol. The van der Waals surface area contributed by atoms with E-state index in [4.69, 9.17) is 10.2 Å². The molecule has 2 aromatic carbocycles. The van der Waals surface area contributed by atoms with Crippen molar-refractivity contribution in [3.05, 3.63) is 71.9 Å². The first kappa shape index (κ1) is 18.7. The van der Waals surface area contributed by atoms with Gasteiger partial charge in [-0.05, 0) is 79.0 Å². The Labute approximate surface area is 179 Å². The van der Waals surface area contributed by atoms with Gasteiger partial charge in [-0.15, -0.1) is 0 Å². The Kier molecular flexibility index (Phi) is 5.14. The fourth-order valence-electron chi connectivity index (χ4n) is 3.88. The lowest BCUT2D eigenvalue weighted by Crippen LogP contribution is -2.18. The van der Waals surface area contributed by atoms with E-state index in [-0.39, 0.29) is 0 Å². The molecule has 5 nitrogen and oxygen atoms in total. The summed E-state index contributed by atoms with van der Waals surface area (Å²) in [7, 11) is 0. The summed E-state index contributed by atoms with van der Waals surface area (Å²) in [5.41, 5.74) is 5.01. The molecule has 1 aliphatic heterocycles. The lowest BCUT2D eigenvalue weighted by molar-refractivity contribution is 0.331. The van der Waals surface area contributed by atoms with Crippen LogP contribution in [0.5, 0.6) is 0 Å². The number of hydrogen-bond donors (Lipinski definition) is 1. The summed E-state index contributed by atoms with van der Waals surface area (Å²) in [5.74, 6) is 0.827. The van der Waals surface area contributed by atoms with Crippen molar-refractivity contribution in [2.75, 3.05) is 18.4 Å². The van der Waals surface area contributed by atoms with Crippen molar-refractivity contribution >= 4 is 32.5 Å². The monoisotopic (exact) mass is 411 g/mol. The number of anilines is 2. The van der Waals surface area contributed by atoms with E-state index in [1.165, 1.54) is 31.5 Å². The fourth-order valence-corrected chi connectivity index (χ4v) is 4.79. The molecule has 0 amide bonds. The number of fused-ring (bicyclic) bond motifs is 1. The highest BCUT2D eigenvalue weighted by molar-refractivity contribution is 7.22. The summed E-state index contributed by atoms with van der Waals surface area (Å²) in [6.45, 7) is 3.34. The molecule has 5 rings (SSSR count). The Hall–Kier alpha value is -3.27. The minimum atomic E-state index is 0.666. The summed E-state index contributed by atoms with van der Waals surface area (Å²) >= 11 is 1.61. The van der Waals surface area contributed by atoms with E-state index in [9.17, 15) is 0 Å². The number of hydrogen-bond acceptors (Lipinski definition) is 6. The highest BCUT2D eigenvalue weighted by Gasteiger charge is 2.12. The van der Waals surface area contributed by atoms with Crippen LogP contribution in [0.2, 0.25) is 0 Å². The Bertz CT molecular complexity index is 1230. The van der Waals surface area contributed by atoms with Gasteiger partial charge in [-0.2, -0.15) is 5.26 Å². The molecule has 148 valence electrons.